The predicted octanol–water partition coefficient (Wildman–Crippen LogP) is 2.24. The molecule has 2 aliphatic heterocycles. The van der Waals surface area contributed by atoms with Gasteiger partial charge in [0.15, 0.2) is 6.29 Å². The van der Waals surface area contributed by atoms with E-state index in [1.165, 1.54) is 16.7 Å². The number of ether oxygens (including phenoxy) is 2. The third-order valence-electron chi connectivity index (χ3n) is 5.34. The first-order valence-corrected chi connectivity index (χ1v) is 9.41. The van der Waals surface area contributed by atoms with Gasteiger partial charge in [-0.2, -0.15) is 0 Å². The lowest BCUT2D eigenvalue weighted by molar-refractivity contribution is -0.0446. The molecule has 2 atom stereocenters. The highest BCUT2D eigenvalue weighted by Crippen LogP contribution is 2.29. The Morgan fingerprint density at radius 3 is 2.52 bits per heavy atom. The number of benzene rings is 1. The predicted molar refractivity (Wildman–Crippen MR) is 98.6 cm³/mol. The molecule has 1 aromatic carbocycles. The van der Waals surface area contributed by atoms with Crippen LogP contribution in [0.2, 0.25) is 0 Å². The second-order valence-corrected chi connectivity index (χ2v) is 7.64. The van der Waals surface area contributed by atoms with Gasteiger partial charge in [-0.3, -0.25) is 9.80 Å². The second-order valence-electron chi connectivity index (χ2n) is 7.64. The monoisotopic (exact) mass is 348 g/mol. The van der Waals surface area contributed by atoms with E-state index in [2.05, 4.69) is 42.7 Å². The van der Waals surface area contributed by atoms with Gasteiger partial charge < -0.3 is 14.6 Å². The molecule has 1 N–H and O–H groups in total. The van der Waals surface area contributed by atoms with Crippen molar-refractivity contribution in [3.63, 3.8) is 0 Å². The molecule has 2 fully saturated rings. The van der Waals surface area contributed by atoms with Gasteiger partial charge in [0, 0.05) is 44.3 Å². The highest BCUT2D eigenvalue weighted by Gasteiger charge is 2.25. The van der Waals surface area contributed by atoms with Crippen LogP contribution in [0.4, 0.5) is 0 Å². The van der Waals surface area contributed by atoms with Crippen molar-refractivity contribution < 1.29 is 14.6 Å². The molecule has 5 nitrogen and oxygen atoms in total. The van der Waals surface area contributed by atoms with Gasteiger partial charge >= 0.3 is 0 Å². The minimum Gasteiger partial charge on any atom is -0.392 e. The number of β-amino-alcohol motifs (C(OH)–C–C–N with tert-alkyl or cyclic N) is 1. The maximum Gasteiger partial charge on any atom is 0.184 e. The third kappa shape index (κ3) is 4.60. The molecule has 0 amide bonds. The van der Waals surface area contributed by atoms with Gasteiger partial charge in [-0.1, -0.05) is 12.1 Å². The highest BCUT2D eigenvalue weighted by atomic mass is 16.7. The summed E-state index contributed by atoms with van der Waals surface area (Å²) >= 11 is 0. The highest BCUT2D eigenvalue weighted by molar-refractivity contribution is 5.38. The van der Waals surface area contributed by atoms with Crippen LogP contribution in [0.15, 0.2) is 12.1 Å². The molecule has 2 unspecified atom stereocenters. The van der Waals surface area contributed by atoms with Crippen molar-refractivity contribution in [1.29, 1.82) is 0 Å². The first-order valence-electron chi connectivity index (χ1n) is 9.41. The van der Waals surface area contributed by atoms with Gasteiger partial charge in [0.2, 0.25) is 0 Å². The van der Waals surface area contributed by atoms with Crippen LogP contribution in [-0.4, -0.2) is 66.4 Å². The Morgan fingerprint density at radius 1 is 1.16 bits per heavy atom. The van der Waals surface area contributed by atoms with E-state index in [1.807, 2.05) is 6.92 Å². The maximum absolute atomic E-state index is 9.63. The number of piperazine rings is 1. The number of aliphatic hydroxyl groups is 1. The van der Waals surface area contributed by atoms with Gasteiger partial charge in [-0.05, 0) is 44.4 Å². The Kier molecular flexibility index (Phi) is 6.12. The minimum absolute atomic E-state index is 0.197. The average Bonchev–Trinajstić information content (AvgIpc) is 3.07. The molecule has 2 aliphatic rings. The molecule has 2 saturated heterocycles. The number of rotatable bonds is 5. The molecule has 140 valence electrons. The van der Waals surface area contributed by atoms with E-state index in [0.29, 0.717) is 19.3 Å². The molecule has 0 aliphatic carbocycles. The summed E-state index contributed by atoms with van der Waals surface area (Å²) in [4.78, 5) is 4.91. The fourth-order valence-electron chi connectivity index (χ4n) is 3.93. The third-order valence-corrected chi connectivity index (χ3v) is 5.34. The number of hydrogen-bond donors (Lipinski definition) is 1. The summed E-state index contributed by atoms with van der Waals surface area (Å²) in [5, 5.41) is 9.63. The number of hydrogen-bond acceptors (Lipinski definition) is 5. The lowest BCUT2D eigenvalue weighted by atomic mass is 9.98. The van der Waals surface area contributed by atoms with Crippen LogP contribution in [0.1, 0.15) is 42.4 Å². The van der Waals surface area contributed by atoms with Crippen molar-refractivity contribution in [3.05, 3.63) is 34.4 Å². The minimum atomic E-state index is -0.258. The van der Waals surface area contributed by atoms with Crippen LogP contribution >= 0.6 is 0 Å². The van der Waals surface area contributed by atoms with Crippen LogP contribution < -0.4 is 0 Å². The molecular formula is C20H32N2O3. The second kappa shape index (κ2) is 8.14. The van der Waals surface area contributed by atoms with Crippen molar-refractivity contribution >= 4 is 0 Å². The molecule has 2 heterocycles. The van der Waals surface area contributed by atoms with E-state index < -0.39 is 0 Å². The smallest absolute Gasteiger partial charge is 0.184 e. The maximum atomic E-state index is 9.63. The van der Waals surface area contributed by atoms with Crippen molar-refractivity contribution in [2.75, 3.05) is 39.4 Å². The fourth-order valence-corrected chi connectivity index (χ4v) is 3.93. The normalized spacial score (nSPS) is 24.8. The quantitative estimate of drug-likeness (QED) is 0.884. The zero-order valence-electron chi connectivity index (χ0n) is 16.0. The standard InChI is InChI=1S/C20H32N2O3/c1-14-10-19(20-24-7-8-25-20)15(2)9-18(14)13-21-5-6-22(12-17(4)23)16(3)11-21/h9-10,16-17,20,23H,5-8,11-13H2,1-4H3. The van der Waals surface area contributed by atoms with Crippen LogP contribution in [0, 0.1) is 13.8 Å². The molecule has 0 saturated carbocycles. The van der Waals surface area contributed by atoms with Gasteiger partial charge in [0.25, 0.3) is 0 Å². The van der Waals surface area contributed by atoms with Crippen molar-refractivity contribution in [2.24, 2.45) is 0 Å². The van der Waals surface area contributed by atoms with E-state index in [9.17, 15) is 5.11 Å². The number of aryl methyl sites for hydroxylation is 2. The molecule has 0 aromatic heterocycles. The molecule has 25 heavy (non-hydrogen) atoms. The van der Waals surface area contributed by atoms with Gasteiger partial charge in [-0.15, -0.1) is 0 Å². The van der Waals surface area contributed by atoms with Gasteiger partial charge in [0.05, 0.1) is 19.3 Å². The topological polar surface area (TPSA) is 45.2 Å². The molecule has 0 bridgehead atoms. The lowest BCUT2D eigenvalue weighted by Gasteiger charge is -2.40. The van der Waals surface area contributed by atoms with Crippen LogP contribution in [0.5, 0.6) is 0 Å². The summed E-state index contributed by atoms with van der Waals surface area (Å²) in [6, 6.07) is 5.00. The van der Waals surface area contributed by atoms with Crippen LogP contribution in [-0.2, 0) is 16.0 Å². The van der Waals surface area contributed by atoms with Crippen LogP contribution in [0.25, 0.3) is 0 Å². The summed E-state index contributed by atoms with van der Waals surface area (Å²) in [6.45, 7) is 14.7. The molecule has 3 rings (SSSR count). The number of nitrogens with zero attached hydrogens (tertiary/aromatic N) is 2. The van der Waals surface area contributed by atoms with Crippen molar-refractivity contribution in [1.82, 2.24) is 9.80 Å². The van der Waals surface area contributed by atoms with E-state index in [0.717, 1.165) is 38.3 Å². The molecular weight excluding hydrogens is 316 g/mol. The van der Waals surface area contributed by atoms with Crippen molar-refractivity contribution in [3.8, 4) is 0 Å². The van der Waals surface area contributed by atoms with E-state index in [1.54, 1.807) is 0 Å². The zero-order chi connectivity index (χ0) is 18.0. The summed E-state index contributed by atoms with van der Waals surface area (Å²) < 4.78 is 11.3. The number of aliphatic hydroxyl groups excluding tert-OH is 1. The summed E-state index contributed by atoms with van der Waals surface area (Å²) in [6.07, 6.45) is -0.455. The van der Waals surface area contributed by atoms with Crippen LogP contribution in [0.3, 0.4) is 0 Å². The van der Waals surface area contributed by atoms with Crippen molar-refractivity contribution in [2.45, 2.75) is 52.7 Å². The molecule has 5 heteroatoms. The van der Waals surface area contributed by atoms with Gasteiger partial charge in [0.1, 0.15) is 0 Å². The molecule has 0 radical (unpaired) electrons. The Morgan fingerprint density at radius 2 is 1.88 bits per heavy atom. The lowest BCUT2D eigenvalue weighted by Crippen LogP contribution is -2.53. The summed E-state index contributed by atoms with van der Waals surface area (Å²) in [5.41, 5.74) is 5.09. The fraction of sp³-hybridized carbons (Fsp3) is 0.700. The molecule has 1 aromatic rings. The molecule has 0 spiro atoms. The SMILES string of the molecule is Cc1cc(C2OCCO2)c(C)cc1CN1CCN(CC(C)O)C(C)C1. The average molecular weight is 348 g/mol. The summed E-state index contributed by atoms with van der Waals surface area (Å²) in [7, 11) is 0. The zero-order valence-corrected chi connectivity index (χ0v) is 16.0. The Labute approximate surface area is 151 Å². The Bertz CT molecular complexity index is 585. The Balaban J connectivity index is 1.64. The van der Waals surface area contributed by atoms with E-state index in [-0.39, 0.29) is 12.4 Å². The summed E-state index contributed by atoms with van der Waals surface area (Å²) in [5.74, 6) is 0. The van der Waals surface area contributed by atoms with E-state index >= 15 is 0 Å². The first-order chi connectivity index (χ1) is 11.9. The van der Waals surface area contributed by atoms with E-state index in [4.69, 9.17) is 9.47 Å². The van der Waals surface area contributed by atoms with Gasteiger partial charge in [-0.25, -0.2) is 0 Å². The Hall–Kier alpha value is -0.980. The first kappa shape index (κ1) is 18.8. The largest absolute Gasteiger partial charge is 0.392 e.